The maximum Gasteiger partial charge on any atom is 0.264 e. The molecule has 0 bridgehead atoms. The molecule has 2 aromatic rings. The molecule has 1 unspecified atom stereocenters. The number of nitrogens with two attached hydrogens (primary N) is 1. The van der Waals surface area contributed by atoms with Gasteiger partial charge in [0.2, 0.25) is 5.91 Å². The number of hydrogen-bond acceptors (Lipinski definition) is 4. The van der Waals surface area contributed by atoms with E-state index in [1.54, 1.807) is 4.90 Å². The first-order chi connectivity index (χ1) is 11.0. The minimum atomic E-state index is -0.724. The van der Waals surface area contributed by atoms with Gasteiger partial charge < -0.3 is 15.4 Å². The summed E-state index contributed by atoms with van der Waals surface area (Å²) in [5.74, 6) is -0.628. The van der Waals surface area contributed by atoms with Crippen molar-refractivity contribution in [2.45, 2.75) is 6.10 Å². The lowest BCUT2D eigenvalue weighted by Crippen LogP contribution is -2.50. The van der Waals surface area contributed by atoms with E-state index in [0.717, 1.165) is 14.9 Å². The first-order valence-electron chi connectivity index (χ1n) is 7.10. The van der Waals surface area contributed by atoms with Crippen molar-refractivity contribution in [1.29, 1.82) is 0 Å². The number of amides is 2. The second-order valence-corrected chi connectivity index (χ2v) is 7.18. The van der Waals surface area contributed by atoms with Crippen molar-refractivity contribution in [2.24, 2.45) is 5.73 Å². The SMILES string of the molecule is NC(=O)C1CN(C(=O)c2ccc(-c3ccc(Br)cc3)s2)CCO1. The minimum absolute atomic E-state index is 0.0899. The molecular formula is C16H15BrN2O3S. The van der Waals surface area contributed by atoms with Crippen LogP contribution in [0.4, 0.5) is 0 Å². The van der Waals surface area contributed by atoms with Crippen LogP contribution in [0.25, 0.3) is 10.4 Å². The van der Waals surface area contributed by atoms with Crippen LogP contribution in [-0.2, 0) is 9.53 Å². The van der Waals surface area contributed by atoms with Gasteiger partial charge in [-0.05, 0) is 29.8 Å². The topological polar surface area (TPSA) is 72.6 Å². The van der Waals surface area contributed by atoms with E-state index in [2.05, 4.69) is 15.9 Å². The van der Waals surface area contributed by atoms with E-state index in [9.17, 15) is 9.59 Å². The molecule has 7 heteroatoms. The molecule has 2 N–H and O–H groups in total. The van der Waals surface area contributed by atoms with Crippen LogP contribution in [0.1, 0.15) is 9.67 Å². The smallest absolute Gasteiger partial charge is 0.264 e. The predicted octanol–water partition coefficient (Wildman–Crippen LogP) is 2.50. The molecule has 5 nitrogen and oxygen atoms in total. The number of primary amides is 1. The van der Waals surface area contributed by atoms with Gasteiger partial charge in [-0.1, -0.05) is 28.1 Å². The monoisotopic (exact) mass is 394 g/mol. The van der Waals surface area contributed by atoms with Gasteiger partial charge >= 0.3 is 0 Å². The normalized spacial score (nSPS) is 18.0. The first kappa shape index (κ1) is 16.2. The van der Waals surface area contributed by atoms with Gasteiger partial charge in [-0.2, -0.15) is 0 Å². The summed E-state index contributed by atoms with van der Waals surface area (Å²) in [6.45, 7) is 0.998. The summed E-state index contributed by atoms with van der Waals surface area (Å²) >= 11 is 4.85. The Morgan fingerprint density at radius 1 is 1.22 bits per heavy atom. The van der Waals surface area contributed by atoms with E-state index in [1.165, 1.54) is 11.3 Å². The zero-order chi connectivity index (χ0) is 16.4. The standard InChI is InChI=1S/C16H15BrN2O3S/c17-11-3-1-10(2-4-11)13-5-6-14(23-13)16(21)19-7-8-22-12(9-19)15(18)20/h1-6,12H,7-9H2,(H2,18,20). The Hall–Kier alpha value is -1.70. The van der Waals surface area contributed by atoms with Gasteiger partial charge in [-0.3, -0.25) is 9.59 Å². The molecule has 2 amide bonds. The van der Waals surface area contributed by atoms with E-state index in [-0.39, 0.29) is 12.5 Å². The van der Waals surface area contributed by atoms with E-state index < -0.39 is 12.0 Å². The lowest BCUT2D eigenvalue weighted by molar-refractivity contribution is -0.133. The molecule has 1 aliphatic heterocycles. The van der Waals surface area contributed by atoms with E-state index >= 15 is 0 Å². The molecule has 1 atom stereocenters. The highest BCUT2D eigenvalue weighted by Crippen LogP contribution is 2.30. The molecule has 1 saturated heterocycles. The number of carbonyl (C=O) groups is 2. The van der Waals surface area contributed by atoms with Crippen molar-refractivity contribution >= 4 is 39.1 Å². The highest BCUT2D eigenvalue weighted by atomic mass is 79.9. The average Bonchev–Trinajstić information content (AvgIpc) is 3.05. The zero-order valence-electron chi connectivity index (χ0n) is 12.2. The van der Waals surface area contributed by atoms with Gasteiger partial charge in [0.15, 0.2) is 6.10 Å². The number of carbonyl (C=O) groups excluding carboxylic acids is 2. The summed E-state index contributed by atoms with van der Waals surface area (Å²) in [7, 11) is 0. The summed E-state index contributed by atoms with van der Waals surface area (Å²) < 4.78 is 6.29. The van der Waals surface area contributed by atoms with Gasteiger partial charge in [0.05, 0.1) is 18.0 Å². The first-order valence-corrected chi connectivity index (χ1v) is 8.71. The molecule has 1 aliphatic rings. The van der Waals surface area contributed by atoms with Crippen LogP contribution in [-0.4, -0.2) is 42.5 Å². The summed E-state index contributed by atoms with van der Waals surface area (Å²) in [5.41, 5.74) is 6.32. The lowest BCUT2D eigenvalue weighted by atomic mass is 10.2. The Labute approximate surface area is 146 Å². The highest BCUT2D eigenvalue weighted by Gasteiger charge is 2.28. The fourth-order valence-electron chi connectivity index (χ4n) is 2.38. The van der Waals surface area contributed by atoms with Crippen molar-refractivity contribution in [2.75, 3.05) is 19.7 Å². The van der Waals surface area contributed by atoms with Gasteiger partial charge in [-0.15, -0.1) is 11.3 Å². The summed E-state index contributed by atoms with van der Waals surface area (Å²) in [6.07, 6.45) is -0.724. The molecule has 1 aromatic heterocycles. The molecular weight excluding hydrogens is 380 g/mol. The van der Waals surface area contributed by atoms with E-state index in [4.69, 9.17) is 10.5 Å². The average molecular weight is 395 g/mol. The third kappa shape index (κ3) is 3.63. The lowest BCUT2D eigenvalue weighted by Gasteiger charge is -2.31. The molecule has 0 aliphatic carbocycles. The predicted molar refractivity (Wildman–Crippen MR) is 92.3 cm³/mol. The van der Waals surface area contributed by atoms with Crippen molar-refractivity contribution in [3.8, 4) is 10.4 Å². The molecule has 1 aromatic carbocycles. The van der Waals surface area contributed by atoms with Crippen LogP contribution in [0, 0.1) is 0 Å². The van der Waals surface area contributed by atoms with Crippen LogP contribution in [0.15, 0.2) is 40.9 Å². The summed E-state index contributed by atoms with van der Waals surface area (Å²) in [5, 5.41) is 0. The largest absolute Gasteiger partial charge is 0.367 e. The number of rotatable bonds is 3. The Bertz CT molecular complexity index is 729. The number of benzene rings is 1. The number of hydrogen-bond donors (Lipinski definition) is 1. The molecule has 1 fully saturated rings. The van der Waals surface area contributed by atoms with Gasteiger partial charge in [0, 0.05) is 15.9 Å². The molecule has 0 radical (unpaired) electrons. The Balaban J connectivity index is 1.75. The maximum absolute atomic E-state index is 12.6. The minimum Gasteiger partial charge on any atom is -0.367 e. The van der Waals surface area contributed by atoms with Crippen molar-refractivity contribution in [3.05, 3.63) is 45.7 Å². The van der Waals surface area contributed by atoms with Crippen LogP contribution < -0.4 is 5.73 Å². The number of thiophene rings is 1. The number of halogens is 1. The van der Waals surface area contributed by atoms with Gasteiger partial charge in [0.25, 0.3) is 5.91 Å². The summed E-state index contributed by atoms with van der Waals surface area (Å²) in [6, 6.07) is 11.7. The van der Waals surface area contributed by atoms with E-state index in [0.29, 0.717) is 18.0 Å². The molecule has 3 rings (SSSR count). The Kier molecular flexibility index (Phi) is 4.79. The second-order valence-electron chi connectivity index (χ2n) is 5.18. The number of nitrogens with zero attached hydrogens (tertiary/aromatic N) is 1. The van der Waals surface area contributed by atoms with Crippen molar-refractivity contribution < 1.29 is 14.3 Å². The Morgan fingerprint density at radius 2 is 1.96 bits per heavy atom. The molecule has 2 heterocycles. The Morgan fingerprint density at radius 3 is 2.65 bits per heavy atom. The van der Waals surface area contributed by atoms with Crippen LogP contribution in [0.3, 0.4) is 0 Å². The molecule has 23 heavy (non-hydrogen) atoms. The fourth-order valence-corrected chi connectivity index (χ4v) is 3.63. The number of morpholine rings is 1. The second kappa shape index (κ2) is 6.82. The van der Waals surface area contributed by atoms with Crippen LogP contribution >= 0.6 is 27.3 Å². The third-order valence-corrected chi connectivity index (χ3v) is 5.27. The molecule has 120 valence electrons. The van der Waals surface area contributed by atoms with E-state index in [1.807, 2.05) is 36.4 Å². The third-order valence-electron chi connectivity index (χ3n) is 3.62. The maximum atomic E-state index is 12.6. The quantitative estimate of drug-likeness (QED) is 0.868. The van der Waals surface area contributed by atoms with Gasteiger partial charge in [0.1, 0.15) is 0 Å². The van der Waals surface area contributed by atoms with Crippen LogP contribution in [0.5, 0.6) is 0 Å². The van der Waals surface area contributed by atoms with Crippen molar-refractivity contribution in [3.63, 3.8) is 0 Å². The summed E-state index contributed by atoms with van der Waals surface area (Å²) in [4.78, 5) is 27.1. The molecule has 0 saturated carbocycles. The number of ether oxygens (including phenoxy) is 1. The fraction of sp³-hybridized carbons (Fsp3) is 0.250. The van der Waals surface area contributed by atoms with Gasteiger partial charge in [-0.25, -0.2) is 0 Å². The molecule has 0 spiro atoms. The van der Waals surface area contributed by atoms with Crippen molar-refractivity contribution in [1.82, 2.24) is 4.90 Å². The highest BCUT2D eigenvalue weighted by molar-refractivity contribution is 9.10. The zero-order valence-corrected chi connectivity index (χ0v) is 14.6. The van der Waals surface area contributed by atoms with Crippen LogP contribution in [0.2, 0.25) is 0 Å².